The molecule has 2 aromatic carbocycles. The van der Waals surface area contributed by atoms with Gasteiger partial charge in [0, 0.05) is 9.85 Å². The number of rotatable bonds is 5. The van der Waals surface area contributed by atoms with E-state index in [1.54, 1.807) is 11.4 Å². The van der Waals surface area contributed by atoms with Crippen LogP contribution in [0.2, 0.25) is 0 Å². The Balaban J connectivity index is 2.00. The van der Waals surface area contributed by atoms with Crippen LogP contribution < -0.4 is 10.1 Å². The number of carboxylic acid groups (broad SMARTS) is 1. The maximum absolute atomic E-state index is 13.2. The van der Waals surface area contributed by atoms with Crippen molar-refractivity contribution in [3.63, 3.8) is 0 Å². The van der Waals surface area contributed by atoms with Gasteiger partial charge in [-0.2, -0.15) is 0 Å². The number of carboxylic acids is 1. The summed E-state index contributed by atoms with van der Waals surface area (Å²) >= 11 is 11.2. The van der Waals surface area contributed by atoms with E-state index >= 15 is 0 Å². The van der Waals surface area contributed by atoms with Crippen molar-refractivity contribution in [2.45, 2.75) is 0 Å². The number of carbonyl (C=O) groups is 2. The second-order valence-electron chi connectivity index (χ2n) is 5.69. The number of hydrogen-bond donors (Lipinski definition) is 2. The van der Waals surface area contributed by atoms with Gasteiger partial charge in [-0.25, -0.2) is 9.18 Å². The molecule has 0 atom stereocenters. The molecule has 150 valence electrons. The van der Waals surface area contributed by atoms with E-state index in [1.165, 1.54) is 31.4 Å². The van der Waals surface area contributed by atoms with Gasteiger partial charge in [-0.3, -0.25) is 4.79 Å². The van der Waals surface area contributed by atoms with Crippen LogP contribution in [0.4, 0.5) is 10.1 Å². The molecule has 29 heavy (non-hydrogen) atoms. The Morgan fingerprint density at radius 2 is 1.79 bits per heavy atom. The molecule has 0 spiro atoms. The van der Waals surface area contributed by atoms with Crippen molar-refractivity contribution in [2.24, 2.45) is 0 Å². The summed E-state index contributed by atoms with van der Waals surface area (Å²) in [4.78, 5) is 25.1. The molecule has 0 fully saturated rings. The lowest BCUT2D eigenvalue weighted by Gasteiger charge is -2.13. The lowest BCUT2D eigenvalue weighted by atomic mass is 10.1. The lowest BCUT2D eigenvalue weighted by molar-refractivity contribution is 0.0699. The van der Waals surface area contributed by atoms with Crippen molar-refractivity contribution in [1.82, 2.24) is 0 Å². The molecular formula is C19H11Br3FNO4S. The number of methoxy groups -OCH3 is 1. The van der Waals surface area contributed by atoms with Gasteiger partial charge in [-0.05, 0) is 71.6 Å². The fourth-order valence-corrected chi connectivity index (χ4v) is 5.51. The highest BCUT2D eigenvalue weighted by Crippen LogP contribution is 2.42. The third-order valence-electron chi connectivity index (χ3n) is 3.92. The van der Waals surface area contributed by atoms with Crippen LogP contribution in [0.25, 0.3) is 10.4 Å². The first-order chi connectivity index (χ1) is 13.7. The molecule has 10 heteroatoms. The van der Waals surface area contributed by atoms with Crippen LogP contribution in [0.3, 0.4) is 0 Å². The van der Waals surface area contributed by atoms with E-state index in [1.807, 2.05) is 0 Å². The third kappa shape index (κ3) is 4.40. The number of ether oxygens (including phenoxy) is 1. The summed E-state index contributed by atoms with van der Waals surface area (Å²) in [5.74, 6) is -1.62. The second-order valence-corrected chi connectivity index (χ2v) is 9.01. The number of amides is 1. The molecule has 0 aliphatic carbocycles. The zero-order valence-electron chi connectivity index (χ0n) is 14.6. The molecule has 0 unspecified atom stereocenters. The Bertz CT molecular complexity index is 1120. The monoisotopic (exact) mass is 605 g/mol. The molecule has 0 bridgehead atoms. The van der Waals surface area contributed by atoms with Crippen LogP contribution in [0.1, 0.15) is 20.7 Å². The summed E-state index contributed by atoms with van der Waals surface area (Å²) in [5, 5.41) is 13.9. The number of carbonyl (C=O) groups excluding carboxylic acids is 1. The van der Waals surface area contributed by atoms with Gasteiger partial charge in [-0.1, -0.05) is 12.1 Å². The highest BCUT2D eigenvalue weighted by Gasteiger charge is 2.24. The van der Waals surface area contributed by atoms with E-state index in [-0.39, 0.29) is 16.8 Å². The van der Waals surface area contributed by atoms with E-state index in [9.17, 15) is 19.1 Å². The predicted molar refractivity (Wildman–Crippen MR) is 121 cm³/mol. The Kier molecular flexibility index (Phi) is 6.77. The van der Waals surface area contributed by atoms with Crippen LogP contribution in [-0.2, 0) is 0 Å². The van der Waals surface area contributed by atoms with Gasteiger partial charge in [0.1, 0.15) is 17.1 Å². The minimum atomic E-state index is -1.20. The first-order valence-corrected chi connectivity index (χ1v) is 11.1. The molecule has 0 saturated carbocycles. The number of nitrogens with one attached hydrogen (secondary N) is 1. The van der Waals surface area contributed by atoms with E-state index in [4.69, 9.17) is 4.74 Å². The van der Waals surface area contributed by atoms with Crippen LogP contribution >= 0.6 is 59.1 Å². The largest absolute Gasteiger partial charge is 0.494 e. The molecule has 0 saturated heterocycles. The van der Waals surface area contributed by atoms with Gasteiger partial charge >= 0.3 is 5.97 Å². The van der Waals surface area contributed by atoms with Crippen LogP contribution in [0, 0.1) is 5.82 Å². The summed E-state index contributed by atoms with van der Waals surface area (Å²) < 4.78 is 20.0. The number of aromatic carboxylic acids is 1. The summed E-state index contributed by atoms with van der Waals surface area (Å²) in [5.41, 5.74) is 0.917. The van der Waals surface area contributed by atoms with Gasteiger partial charge in [0.15, 0.2) is 0 Å². The van der Waals surface area contributed by atoms with E-state index in [2.05, 4.69) is 53.1 Å². The molecule has 1 heterocycles. The summed E-state index contributed by atoms with van der Waals surface area (Å²) in [6.45, 7) is 0. The van der Waals surface area contributed by atoms with E-state index < -0.39 is 17.7 Å². The van der Waals surface area contributed by atoms with Crippen molar-refractivity contribution in [2.75, 3.05) is 12.4 Å². The lowest BCUT2D eigenvalue weighted by Crippen LogP contribution is -2.15. The second kappa shape index (κ2) is 8.95. The Labute approximate surface area is 194 Å². The van der Waals surface area contributed by atoms with Crippen molar-refractivity contribution in [3.05, 3.63) is 66.1 Å². The van der Waals surface area contributed by atoms with Crippen LogP contribution in [0.5, 0.6) is 5.75 Å². The average molecular weight is 608 g/mol. The fourth-order valence-electron chi connectivity index (χ4n) is 2.60. The summed E-state index contributed by atoms with van der Waals surface area (Å²) in [6.07, 6.45) is 0. The minimum Gasteiger partial charge on any atom is -0.494 e. The Hall–Kier alpha value is -1.75. The molecule has 0 radical (unpaired) electrons. The number of thiophene rings is 1. The number of hydrogen-bond acceptors (Lipinski definition) is 4. The number of halogens is 4. The molecule has 2 N–H and O–H groups in total. The molecule has 0 aliphatic rings. The highest BCUT2D eigenvalue weighted by atomic mass is 79.9. The zero-order chi connectivity index (χ0) is 21.3. The number of benzene rings is 2. The normalized spacial score (nSPS) is 10.7. The van der Waals surface area contributed by atoms with Gasteiger partial charge in [0.25, 0.3) is 5.91 Å². The van der Waals surface area contributed by atoms with Crippen molar-refractivity contribution >= 4 is 76.7 Å². The SMILES string of the molecule is COc1c(Br)cc(C(=O)Nc2csc(-c3ccc(F)cc3)c2C(=O)O)c(Br)c1Br. The average Bonchev–Trinajstić information content (AvgIpc) is 3.09. The molecule has 0 aliphatic heterocycles. The smallest absolute Gasteiger partial charge is 0.339 e. The molecule has 5 nitrogen and oxygen atoms in total. The fraction of sp³-hybridized carbons (Fsp3) is 0.0526. The van der Waals surface area contributed by atoms with Gasteiger partial charge in [0.05, 0.1) is 32.2 Å². The minimum absolute atomic E-state index is 0.0577. The van der Waals surface area contributed by atoms with Crippen molar-refractivity contribution < 1.29 is 23.8 Å². The highest BCUT2D eigenvalue weighted by molar-refractivity contribution is 9.13. The quantitative estimate of drug-likeness (QED) is 0.313. The third-order valence-corrected chi connectivity index (χ3v) is 7.66. The first kappa shape index (κ1) is 21.9. The van der Waals surface area contributed by atoms with Gasteiger partial charge < -0.3 is 15.2 Å². The predicted octanol–water partition coefficient (Wildman–Crippen LogP) is 6.80. The summed E-state index contributed by atoms with van der Waals surface area (Å²) in [7, 11) is 1.50. The van der Waals surface area contributed by atoms with E-state index in [0.29, 0.717) is 29.6 Å². The van der Waals surface area contributed by atoms with Crippen LogP contribution in [-0.4, -0.2) is 24.1 Å². The maximum Gasteiger partial charge on any atom is 0.339 e. The molecule has 1 amide bonds. The maximum atomic E-state index is 13.2. The topological polar surface area (TPSA) is 75.6 Å². The Morgan fingerprint density at radius 1 is 1.14 bits per heavy atom. The molecular weight excluding hydrogens is 597 g/mol. The Morgan fingerprint density at radius 3 is 2.38 bits per heavy atom. The van der Waals surface area contributed by atoms with Crippen molar-refractivity contribution in [1.29, 1.82) is 0 Å². The standard InChI is InChI=1S/C19H11Br3FNO4S/c1-28-16-11(20)6-10(14(21)15(16)22)18(25)24-12-7-29-17(13(12)19(26)27)8-2-4-9(23)5-3-8/h2-7H,1H3,(H,24,25)(H,26,27). The number of anilines is 1. The summed E-state index contributed by atoms with van der Waals surface area (Å²) in [6, 6.07) is 7.06. The van der Waals surface area contributed by atoms with Gasteiger partial charge in [0.2, 0.25) is 0 Å². The van der Waals surface area contributed by atoms with Crippen LogP contribution in [0.15, 0.2) is 49.1 Å². The molecule has 3 rings (SSSR count). The van der Waals surface area contributed by atoms with Crippen molar-refractivity contribution in [3.8, 4) is 16.2 Å². The molecule has 3 aromatic rings. The van der Waals surface area contributed by atoms with Gasteiger partial charge in [-0.15, -0.1) is 11.3 Å². The first-order valence-electron chi connectivity index (χ1n) is 7.88. The zero-order valence-corrected chi connectivity index (χ0v) is 20.1. The molecule has 1 aromatic heterocycles. The van der Waals surface area contributed by atoms with E-state index in [0.717, 1.165) is 11.3 Å².